The van der Waals surface area contributed by atoms with Crippen molar-refractivity contribution in [3.63, 3.8) is 0 Å². The quantitative estimate of drug-likeness (QED) is 0.585. The number of anilines is 1. The molecule has 3 heterocycles. The van der Waals surface area contributed by atoms with Crippen LogP contribution in [0, 0.1) is 6.92 Å². The van der Waals surface area contributed by atoms with E-state index in [4.69, 9.17) is 11.6 Å². The summed E-state index contributed by atoms with van der Waals surface area (Å²) in [5.74, 6) is 0.824. The number of piperazine rings is 1. The molecule has 0 aliphatic carbocycles. The van der Waals surface area contributed by atoms with Gasteiger partial charge in [-0.25, -0.2) is 0 Å². The molecule has 2 aromatic carbocycles. The van der Waals surface area contributed by atoms with E-state index in [0.717, 1.165) is 40.8 Å². The van der Waals surface area contributed by atoms with Crippen LogP contribution in [-0.4, -0.2) is 46.8 Å². The van der Waals surface area contributed by atoms with Crippen molar-refractivity contribution in [1.82, 2.24) is 14.7 Å². The van der Waals surface area contributed by atoms with Crippen LogP contribution < -0.4 is 4.90 Å². The lowest BCUT2D eigenvalue weighted by molar-refractivity contribution is 0.0739. The van der Waals surface area contributed by atoms with E-state index in [-0.39, 0.29) is 5.91 Å². The molecule has 0 saturated carbocycles. The molecule has 1 amide bonds. The van der Waals surface area contributed by atoms with Gasteiger partial charge in [0.05, 0.1) is 5.69 Å². The molecule has 0 radical (unpaired) electrons. The third kappa shape index (κ3) is 3.38. The Morgan fingerprint density at radius 3 is 2.53 bits per heavy atom. The van der Waals surface area contributed by atoms with Crippen LogP contribution in [0.25, 0.3) is 11.3 Å². The van der Waals surface area contributed by atoms with E-state index < -0.39 is 0 Å². The Kier molecular flexibility index (Phi) is 4.99. The number of nitrogens with zero attached hydrogens (tertiary/aromatic N) is 4. The Morgan fingerprint density at radius 2 is 1.80 bits per heavy atom. The van der Waals surface area contributed by atoms with Crippen molar-refractivity contribution < 1.29 is 4.79 Å². The number of carbonyl (C=O) groups excluding carboxylic acids is 1. The van der Waals surface area contributed by atoms with Gasteiger partial charge in [-0.15, -0.1) is 11.8 Å². The molecule has 1 saturated heterocycles. The fourth-order valence-corrected chi connectivity index (χ4v) is 5.46. The van der Waals surface area contributed by atoms with Crippen molar-refractivity contribution in [1.29, 1.82) is 0 Å². The number of fused-ring (bicyclic) bond motifs is 3. The third-order valence-electron chi connectivity index (χ3n) is 5.87. The first kappa shape index (κ1) is 19.5. The molecule has 2 aliphatic heterocycles. The molecule has 30 heavy (non-hydrogen) atoms. The largest absolute Gasteiger partial charge is 0.368 e. The Balaban J connectivity index is 1.37. The summed E-state index contributed by atoms with van der Waals surface area (Å²) >= 11 is 7.79. The number of benzene rings is 2. The van der Waals surface area contributed by atoms with Crippen LogP contribution in [0.15, 0.2) is 47.4 Å². The molecule has 0 bridgehead atoms. The van der Waals surface area contributed by atoms with Gasteiger partial charge in [-0.1, -0.05) is 23.2 Å². The standard InChI is InChI=1S/C23H23ClN4OS/c1-15-3-8-20-18(13-15)22-19(14-30-20)21(25-26(22)2)23(29)28-11-9-27(10-12-28)17-6-4-16(24)5-7-17/h3-8,13H,9-12,14H2,1-2H3. The first-order valence-corrected chi connectivity index (χ1v) is 11.5. The Morgan fingerprint density at radius 1 is 1.07 bits per heavy atom. The Bertz CT molecular complexity index is 1120. The molecule has 0 N–H and O–H groups in total. The Labute approximate surface area is 185 Å². The smallest absolute Gasteiger partial charge is 0.274 e. The molecule has 2 aliphatic rings. The zero-order chi connectivity index (χ0) is 20.8. The summed E-state index contributed by atoms with van der Waals surface area (Å²) in [6, 6.07) is 14.4. The second-order valence-corrected chi connectivity index (χ2v) is 9.30. The number of hydrogen-bond acceptors (Lipinski definition) is 4. The van der Waals surface area contributed by atoms with Crippen LogP contribution in [0.4, 0.5) is 5.69 Å². The highest BCUT2D eigenvalue weighted by atomic mass is 35.5. The van der Waals surface area contributed by atoms with Crippen molar-refractivity contribution in [3.8, 4) is 11.3 Å². The number of hydrogen-bond donors (Lipinski definition) is 0. The number of carbonyl (C=O) groups is 1. The van der Waals surface area contributed by atoms with Crippen LogP contribution >= 0.6 is 23.4 Å². The summed E-state index contributed by atoms with van der Waals surface area (Å²) in [7, 11) is 1.94. The number of rotatable bonds is 2. The Hall–Kier alpha value is -2.44. The van der Waals surface area contributed by atoms with Gasteiger partial charge in [0.1, 0.15) is 0 Å². The van der Waals surface area contributed by atoms with E-state index in [1.54, 1.807) is 11.8 Å². The van der Waals surface area contributed by atoms with Crippen molar-refractivity contribution in [2.24, 2.45) is 7.05 Å². The third-order valence-corrected chi connectivity index (χ3v) is 7.22. The minimum absolute atomic E-state index is 0.0410. The zero-order valence-electron chi connectivity index (χ0n) is 17.1. The van der Waals surface area contributed by atoms with Gasteiger partial charge < -0.3 is 9.80 Å². The lowest BCUT2D eigenvalue weighted by atomic mass is 10.0. The van der Waals surface area contributed by atoms with E-state index in [0.29, 0.717) is 18.8 Å². The maximum absolute atomic E-state index is 13.4. The predicted molar refractivity (Wildman–Crippen MR) is 123 cm³/mol. The lowest BCUT2D eigenvalue weighted by Crippen LogP contribution is -2.49. The minimum Gasteiger partial charge on any atom is -0.368 e. The second kappa shape index (κ2) is 7.67. The van der Waals surface area contributed by atoms with E-state index in [2.05, 4.69) is 35.1 Å². The fourth-order valence-electron chi connectivity index (χ4n) is 4.29. The summed E-state index contributed by atoms with van der Waals surface area (Å²) in [5, 5.41) is 5.40. The van der Waals surface area contributed by atoms with E-state index >= 15 is 0 Å². The summed E-state index contributed by atoms with van der Waals surface area (Å²) in [6.45, 7) is 5.09. The van der Waals surface area contributed by atoms with Crippen LogP contribution in [-0.2, 0) is 12.8 Å². The van der Waals surface area contributed by atoms with Crippen LogP contribution in [0.3, 0.4) is 0 Å². The molecule has 7 heteroatoms. The minimum atomic E-state index is 0.0410. The molecule has 1 aromatic heterocycles. The zero-order valence-corrected chi connectivity index (χ0v) is 18.6. The highest BCUT2D eigenvalue weighted by molar-refractivity contribution is 7.98. The lowest BCUT2D eigenvalue weighted by Gasteiger charge is -2.36. The molecule has 3 aromatic rings. The highest BCUT2D eigenvalue weighted by Gasteiger charge is 2.31. The van der Waals surface area contributed by atoms with E-state index in [1.807, 2.05) is 40.9 Å². The molecular formula is C23H23ClN4OS. The van der Waals surface area contributed by atoms with E-state index in [1.165, 1.54) is 16.0 Å². The molecule has 5 nitrogen and oxygen atoms in total. The predicted octanol–water partition coefficient (Wildman–Crippen LogP) is 4.62. The number of aromatic nitrogens is 2. The molecule has 1 fully saturated rings. The van der Waals surface area contributed by atoms with Gasteiger partial charge in [-0.3, -0.25) is 9.48 Å². The summed E-state index contributed by atoms with van der Waals surface area (Å²) in [6.07, 6.45) is 0. The normalized spacial score (nSPS) is 15.7. The van der Waals surface area contributed by atoms with Crippen molar-refractivity contribution in [3.05, 3.63) is 64.3 Å². The van der Waals surface area contributed by atoms with Crippen LogP contribution in [0.2, 0.25) is 5.02 Å². The maximum Gasteiger partial charge on any atom is 0.274 e. The average molecular weight is 439 g/mol. The molecule has 5 rings (SSSR count). The van der Waals surface area contributed by atoms with Crippen molar-refractivity contribution in [2.45, 2.75) is 17.6 Å². The van der Waals surface area contributed by atoms with Gasteiger partial charge in [-0.05, 0) is 43.3 Å². The van der Waals surface area contributed by atoms with Gasteiger partial charge in [0.25, 0.3) is 5.91 Å². The van der Waals surface area contributed by atoms with Gasteiger partial charge in [0, 0.05) is 65.7 Å². The van der Waals surface area contributed by atoms with Crippen molar-refractivity contribution in [2.75, 3.05) is 31.1 Å². The van der Waals surface area contributed by atoms with Crippen molar-refractivity contribution >= 4 is 35.0 Å². The summed E-state index contributed by atoms with van der Waals surface area (Å²) < 4.78 is 1.88. The van der Waals surface area contributed by atoms with Crippen LogP contribution in [0.1, 0.15) is 21.6 Å². The molecule has 0 unspecified atom stereocenters. The highest BCUT2D eigenvalue weighted by Crippen LogP contribution is 2.43. The summed E-state index contributed by atoms with van der Waals surface area (Å²) in [4.78, 5) is 18.8. The molecular weight excluding hydrogens is 416 g/mol. The molecule has 154 valence electrons. The number of halogens is 1. The van der Waals surface area contributed by atoms with E-state index in [9.17, 15) is 4.79 Å². The van der Waals surface area contributed by atoms with Gasteiger partial charge >= 0.3 is 0 Å². The topological polar surface area (TPSA) is 41.4 Å². The maximum atomic E-state index is 13.4. The number of aryl methyl sites for hydroxylation is 2. The van der Waals surface area contributed by atoms with Gasteiger partial charge in [0.2, 0.25) is 0 Å². The first-order chi connectivity index (χ1) is 14.5. The summed E-state index contributed by atoms with van der Waals surface area (Å²) in [5.41, 5.74) is 6.29. The molecule has 0 atom stereocenters. The average Bonchev–Trinajstić information content (AvgIpc) is 3.11. The monoisotopic (exact) mass is 438 g/mol. The second-order valence-electron chi connectivity index (χ2n) is 7.84. The molecule has 0 spiro atoms. The number of amides is 1. The van der Waals surface area contributed by atoms with Gasteiger partial charge in [0.15, 0.2) is 5.69 Å². The number of thioether (sulfide) groups is 1. The fraction of sp³-hybridized carbons (Fsp3) is 0.304. The first-order valence-electron chi connectivity index (χ1n) is 10.1. The SMILES string of the molecule is Cc1ccc2c(c1)-c1c(c(C(=O)N3CCN(c4ccc(Cl)cc4)CC3)nn1C)CS2. The van der Waals surface area contributed by atoms with Gasteiger partial charge in [-0.2, -0.15) is 5.10 Å². The van der Waals surface area contributed by atoms with Crippen LogP contribution in [0.5, 0.6) is 0 Å².